The maximum absolute atomic E-state index is 12.8. The molecule has 0 spiro atoms. The lowest BCUT2D eigenvalue weighted by Crippen LogP contribution is -2.47. The Morgan fingerprint density at radius 3 is 2.12 bits per heavy atom. The standard InChI is InChI=1S/C24H34N4O4S/c1-5-28(6-2)22(16-20-10-8-7-9-11-20)17-25-24(30)18-27(4)33(31,32)23-14-12-21(13-15-23)26-19(3)29/h7-15,22H,5-6,16-18H2,1-4H3,(H,25,30)(H,26,29). The fourth-order valence-corrected chi connectivity index (χ4v) is 4.75. The smallest absolute Gasteiger partial charge is 0.243 e. The molecule has 8 nitrogen and oxygen atoms in total. The second-order valence-corrected chi connectivity index (χ2v) is 9.88. The summed E-state index contributed by atoms with van der Waals surface area (Å²) in [6, 6.07) is 16.0. The summed E-state index contributed by atoms with van der Waals surface area (Å²) >= 11 is 0. The van der Waals surface area contributed by atoms with Crippen molar-refractivity contribution >= 4 is 27.5 Å². The van der Waals surface area contributed by atoms with Crippen molar-refractivity contribution in [3.63, 3.8) is 0 Å². The van der Waals surface area contributed by atoms with Crippen LogP contribution >= 0.6 is 0 Å². The fraction of sp³-hybridized carbons (Fsp3) is 0.417. The summed E-state index contributed by atoms with van der Waals surface area (Å²) in [4.78, 5) is 26.0. The van der Waals surface area contributed by atoms with Crippen LogP contribution in [0.2, 0.25) is 0 Å². The molecule has 0 saturated heterocycles. The molecule has 180 valence electrons. The Morgan fingerprint density at radius 1 is 0.970 bits per heavy atom. The molecule has 33 heavy (non-hydrogen) atoms. The number of nitrogens with one attached hydrogen (secondary N) is 2. The van der Waals surface area contributed by atoms with E-state index in [1.165, 1.54) is 43.8 Å². The zero-order valence-electron chi connectivity index (χ0n) is 19.7. The second-order valence-electron chi connectivity index (χ2n) is 7.84. The van der Waals surface area contributed by atoms with Gasteiger partial charge in [-0.3, -0.25) is 14.5 Å². The number of carbonyl (C=O) groups excluding carboxylic acids is 2. The normalized spacial score (nSPS) is 12.5. The lowest BCUT2D eigenvalue weighted by Gasteiger charge is -2.30. The van der Waals surface area contributed by atoms with E-state index in [0.29, 0.717) is 12.2 Å². The minimum absolute atomic E-state index is 0.0528. The van der Waals surface area contributed by atoms with Gasteiger partial charge in [-0.25, -0.2) is 8.42 Å². The molecule has 2 aromatic rings. The van der Waals surface area contributed by atoms with Crippen molar-refractivity contribution in [1.29, 1.82) is 0 Å². The quantitative estimate of drug-likeness (QED) is 0.492. The maximum atomic E-state index is 12.8. The van der Waals surface area contributed by atoms with Crippen molar-refractivity contribution in [3.8, 4) is 0 Å². The molecule has 9 heteroatoms. The molecule has 0 radical (unpaired) electrons. The van der Waals surface area contributed by atoms with Gasteiger partial charge in [0.2, 0.25) is 21.8 Å². The van der Waals surface area contributed by atoms with Gasteiger partial charge in [0, 0.05) is 32.2 Å². The first-order valence-corrected chi connectivity index (χ1v) is 12.5. The molecule has 0 bridgehead atoms. The van der Waals surface area contributed by atoms with Gasteiger partial charge in [-0.1, -0.05) is 44.2 Å². The number of likely N-dealkylation sites (N-methyl/N-ethyl adjacent to an activating group) is 2. The van der Waals surface area contributed by atoms with Crippen LogP contribution in [0.25, 0.3) is 0 Å². The largest absolute Gasteiger partial charge is 0.353 e. The highest BCUT2D eigenvalue weighted by Gasteiger charge is 2.24. The van der Waals surface area contributed by atoms with E-state index < -0.39 is 10.0 Å². The van der Waals surface area contributed by atoms with E-state index in [9.17, 15) is 18.0 Å². The highest BCUT2D eigenvalue weighted by molar-refractivity contribution is 7.89. The number of amides is 2. The first-order chi connectivity index (χ1) is 15.7. The molecule has 0 aromatic heterocycles. The van der Waals surface area contributed by atoms with Gasteiger partial charge in [-0.05, 0) is 49.3 Å². The van der Waals surface area contributed by atoms with Crippen molar-refractivity contribution in [1.82, 2.24) is 14.5 Å². The van der Waals surface area contributed by atoms with E-state index >= 15 is 0 Å². The summed E-state index contributed by atoms with van der Waals surface area (Å²) in [5.74, 6) is -0.601. The molecule has 0 heterocycles. The van der Waals surface area contributed by atoms with Crippen LogP contribution in [-0.2, 0) is 26.0 Å². The number of benzene rings is 2. The predicted molar refractivity (Wildman–Crippen MR) is 130 cm³/mol. The number of hydrogen-bond acceptors (Lipinski definition) is 5. The molecular weight excluding hydrogens is 440 g/mol. The third-order valence-electron chi connectivity index (χ3n) is 5.43. The number of hydrogen-bond donors (Lipinski definition) is 2. The number of anilines is 1. The SMILES string of the molecule is CCN(CC)C(CNC(=O)CN(C)S(=O)(=O)c1ccc(NC(C)=O)cc1)Cc1ccccc1. The van der Waals surface area contributed by atoms with Crippen LogP contribution in [0, 0.1) is 0 Å². The maximum Gasteiger partial charge on any atom is 0.243 e. The molecular formula is C24H34N4O4S. The van der Waals surface area contributed by atoms with E-state index in [-0.39, 0.29) is 29.3 Å². The Balaban J connectivity index is 1.99. The fourth-order valence-electron chi connectivity index (χ4n) is 3.62. The van der Waals surface area contributed by atoms with Crippen LogP contribution in [0.3, 0.4) is 0 Å². The Labute approximate surface area is 197 Å². The third kappa shape index (κ3) is 7.96. The minimum Gasteiger partial charge on any atom is -0.353 e. The highest BCUT2D eigenvalue weighted by Crippen LogP contribution is 2.17. The van der Waals surface area contributed by atoms with Crippen LogP contribution < -0.4 is 10.6 Å². The summed E-state index contributed by atoms with van der Waals surface area (Å²) in [6.45, 7) is 7.39. The van der Waals surface area contributed by atoms with Crippen molar-refractivity contribution in [2.45, 2.75) is 38.1 Å². The minimum atomic E-state index is -3.84. The zero-order chi connectivity index (χ0) is 24.4. The van der Waals surface area contributed by atoms with E-state index in [0.717, 1.165) is 23.8 Å². The van der Waals surface area contributed by atoms with Gasteiger partial charge in [0.15, 0.2) is 0 Å². The van der Waals surface area contributed by atoms with E-state index in [4.69, 9.17) is 0 Å². The van der Waals surface area contributed by atoms with Crippen molar-refractivity contribution in [2.24, 2.45) is 0 Å². The molecule has 2 amide bonds. The highest BCUT2D eigenvalue weighted by atomic mass is 32.2. The van der Waals surface area contributed by atoms with Gasteiger partial charge in [0.05, 0.1) is 11.4 Å². The summed E-state index contributed by atoms with van der Waals surface area (Å²) in [7, 11) is -2.47. The van der Waals surface area contributed by atoms with Gasteiger partial charge in [-0.15, -0.1) is 0 Å². The summed E-state index contributed by atoms with van der Waals surface area (Å²) in [6.07, 6.45) is 0.789. The van der Waals surface area contributed by atoms with Crippen LogP contribution in [0.15, 0.2) is 59.5 Å². The summed E-state index contributed by atoms with van der Waals surface area (Å²) < 4.78 is 26.7. The average molecular weight is 475 g/mol. The molecule has 0 fully saturated rings. The van der Waals surface area contributed by atoms with Crippen LogP contribution in [0.1, 0.15) is 26.3 Å². The Bertz CT molecular complexity index is 1010. The van der Waals surface area contributed by atoms with Gasteiger partial charge in [0.25, 0.3) is 0 Å². The molecule has 2 N–H and O–H groups in total. The van der Waals surface area contributed by atoms with Gasteiger partial charge < -0.3 is 10.6 Å². The molecule has 1 unspecified atom stereocenters. The molecule has 0 aliphatic heterocycles. The Morgan fingerprint density at radius 2 is 1.58 bits per heavy atom. The number of sulfonamides is 1. The predicted octanol–water partition coefficient (Wildman–Crippen LogP) is 2.33. The molecule has 0 saturated carbocycles. The second kappa shape index (κ2) is 12.5. The van der Waals surface area contributed by atoms with E-state index in [1.807, 2.05) is 18.2 Å². The molecule has 0 aliphatic carbocycles. The molecule has 2 aromatic carbocycles. The van der Waals surface area contributed by atoms with Crippen LogP contribution in [0.5, 0.6) is 0 Å². The Hall–Kier alpha value is -2.75. The zero-order valence-corrected chi connectivity index (χ0v) is 20.6. The first-order valence-electron chi connectivity index (χ1n) is 11.1. The number of nitrogens with zero attached hydrogens (tertiary/aromatic N) is 2. The van der Waals surface area contributed by atoms with E-state index in [1.54, 1.807) is 0 Å². The summed E-state index contributed by atoms with van der Waals surface area (Å²) in [5, 5.41) is 5.50. The number of carbonyl (C=O) groups is 2. The van der Waals surface area contributed by atoms with Crippen molar-refractivity contribution in [3.05, 3.63) is 60.2 Å². The van der Waals surface area contributed by atoms with E-state index in [2.05, 4.69) is 41.5 Å². The monoisotopic (exact) mass is 474 g/mol. The van der Waals surface area contributed by atoms with Gasteiger partial charge in [0.1, 0.15) is 0 Å². The lowest BCUT2D eigenvalue weighted by molar-refractivity contribution is -0.121. The summed E-state index contributed by atoms with van der Waals surface area (Å²) in [5.41, 5.74) is 1.69. The molecule has 1 atom stereocenters. The average Bonchev–Trinajstić information content (AvgIpc) is 2.78. The molecule has 0 aliphatic rings. The third-order valence-corrected chi connectivity index (χ3v) is 7.24. The van der Waals surface area contributed by atoms with Crippen LogP contribution in [0.4, 0.5) is 5.69 Å². The van der Waals surface area contributed by atoms with Crippen molar-refractivity contribution < 1.29 is 18.0 Å². The van der Waals surface area contributed by atoms with Crippen molar-refractivity contribution in [2.75, 3.05) is 38.5 Å². The van der Waals surface area contributed by atoms with Gasteiger partial charge >= 0.3 is 0 Å². The lowest BCUT2D eigenvalue weighted by atomic mass is 10.0. The Kier molecular flexibility index (Phi) is 10.0. The van der Waals surface area contributed by atoms with Crippen LogP contribution in [-0.4, -0.2) is 68.7 Å². The number of rotatable bonds is 12. The molecule has 2 rings (SSSR count). The first kappa shape index (κ1) is 26.5. The topological polar surface area (TPSA) is 98.8 Å². The van der Waals surface area contributed by atoms with Gasteiger partial charge in [-0.2, -0.15) is 4.31 Å².